The lowest BCUT2D eigenvalue weighted by Crippen LogP contribution is -2.36. The monoisotopic (exact) mass is 484 g/mol. The van der Waals surface area contributed by atoms with E-state index in [1.165, 1.54) is 5.56 Å². The summed E-state index contributed by atoms with van der Waals surface area (Å²) >= 11 is 1.71. The maximum absolute atomic E-state index is 5.93. The fraction of sp³-hybridized carbons (Fsp3) is 0.368. The molecule has 0 aliphatic rings. The Morgan fingerprint density at radius 3 is 2.62 bits per heavy atom. The number of aliphatic imine (C=N–C) groups is 1. The van der Waals surface area contributed by atoms with Crippen molar-refractivity contribution in [1.82, 2.24) is 15.6 Å². The van der Waals surface area contributed by atoms with Crippen molar-refractivity contribution in [3.05, 3.63) is 51.7 Å². The minimum Gasteiger partial charge on any atom is -0.459 e. The zero-order chi connectivity index (χ0) is 17.8. The summed E-state index contributed by atoms with van der Waals surface area (Å²) in [5.74, 6) is 2.13. The number of rotatable bonds is 5. The number of furan rings is 1. The van der Waals surface area contributed by atoms with Crippen molar-refractivity contribution in [3.63, 3.8) is 0 Å². The van der Waals surface area contributed by atoms with Gasteiger partial charge >= 0.3 is 0 Å². The van der Waals surface area contributed by atoms with Crippen molar-refractivity contribution in [1.29, 1.82) is 0 Å². The van der Waals surface area contributed by atoms with Crippen LogP contribution in [0, 0.1) is 6.92 Å². The van der Waals surface area contributed by atoms with Gasteiger partial charge in [-0.05, 0) is 13.0 Å². The number of aryl methyl sites for hydroxylation is 1. The third kappa shape index (κ3) is 4.76. The first-order chi connectivity index (χ1) is 12.1. The molecule has 0 aliphatic carbocycles. The van der Waals surface area contributed by atoms with Crippen LogP contribution in [0.4, 0.5) is 0 Å². The average molecular weight is 484 g/mol. The van der Waals surface area contributed by atoms with Gasteiger partial charge in [0.25, 0.3) is 0 Å². The Morgan fingerprint density at radius 1 is 1.23 bits per heavy atom. The Bertz CT molecular complexity index is 885. The average Bonchev–Trinajstić information content (AvgIpc) is 3.21. The smallest absolute Gasteiger partial charge is 0.191 e. The minimum atomic E-state index is 0. The van der Waals surface area contributed by atoms with E-state index in [9.17, 15) is 0 Å². The van der Waals surface area contributed by atoms with Crippen LogP contribution in [0.15, 0.2) is 39.1 Å². The summed E-state index contributed by atoms with van der Waals surface area (Å²) < 4.78 is 5.93. The molecule has 26 heavy (non-hydrogen) atoms. The van der Waals surface area contributed by atoms with Crippen LogP contribution in [0.3, 0.4) is 0 Å². The van der Waals surface area contributed by atoms with Crippen molar-refractivity contribution in [2.45, 2.75) is 39.8 Å². The van der Waals surface area contributed by atoms with Crippen LogP contribution in [0.25, 0.3) is 11.0 Å². The third-order valence-corrected chi connectivity index (χ3v) is 5.28. The molecule has 0 radical (unpaired) electrons. The first kappa shape index (κ1) is 20.7. The zero-order valence-corrected chi connectivity index (χ0v) is 18.6. The van der Waals surface area contributed by atoms with Crippen LogP contribution in [0.1, 0.15) is 41.8 Å². The van der Waals surface area contributed by atoms with E-state index in [1.54, 1.807) is 18.4 Å². The Hall–Kier alpha value is -1.61. The van der Waals surface area contributed by atoms with Crippen LogP contribution in [-0.4, -0.2) is 18.0 Å². The van der Waals surface area contributed by atoms with E-state index in [4.69, 9.17) is 4.42 Å². The van der Waals surface area contributed by atoms with Crippen LogP contribution in [-0.2, 0) is 13.1 Å². The van der Waals surface area contributed by atoms with E-state index in [0.29, 0.717) is 19.0 Å². The molecule has 0 amide bonds. The van der Waals surface area contributed by atoms with Crippen LogP contribution in [0.5, 0.6) is 0 Å². The second-order valence-electron chi connectivity index (χ2n) is 6.26. The molecular formula is C19H25IN4OS. The van der Waals surface area contributed by atoms with E-state index in [2.05, 4.69) is 52.8 Å². The molecule has 7 heteroatoms. The Kier molecular flexibility index (Phi) is 7.45. The molecule has 1 aromatic carbocycles. The lowest BCUT2D eigenvalue weighted by molar-refractivity contribution is 0.534. The number of halogens is 1. The van der Waals surface area contributed by atoms with Gasteiger partial charge in [-0.25, -0.2) is 4.98 Å². The van der Waals surface area contributed by atoms with E-state index in [0.717, 1.165) is 33.4 Å². The van der Waals surface area contributed by atoms with E-state index >= 15 is 0 Å². The number of hydrogen-bond acceptors (Lipinski definition) is 4. The minimum absolute atomic E-state index is 0. The largest absolute Gasteiger partial charge is 0.459 e. The summed E-state index contributed by atoms with van der Waals surface area (Å²) in [6.07, 6.45) is 0. The van der Waals surface area contributed by atoms with Gasteiger partial charge in [0, 0.05) is 29.3 Å². The summed E-state index contributed by atoms with van der Waals surface area (Å²) in [5.41, 5.74) is 3.12. The van der Waals surface area contributed by atoms with Crippen molar-refractivity contribution in [2.75, 3.05) is 7.05 Å². The molecule has 140 valence electrons. The van der Waals surface area contributed by atoms with Gasteiger partial charge in [0.2, 0.25) is 0 Å². The maximum Gasteiger partial charge on any atom is 0.191 e. The highest BCUT2D eigenvalue weighted by atomic mass is 127. The SMILES string of the molecule is CN=C(NCc1csc(C(C)C)n1)NCc1oc2ccccc2c1C.I. The molecule has 2 N–H and O–H groups in total. The van der Waals surface area contributed by atoms with Crippen molar-refractivity contribution in [3.8, 4) is 0 Å². The number of para-hydroxylation sites is 1. The highest BCUT2D eigenvalue weighted by Gasteiger charge is 2.11. The molecule has 0 spiro atoms. The number of aromatic nitrogens is 1. The lowest BCUT2D eigenvalue weighted by atomic mass is 10.1. The fourth-order valence-electron chi connectivity index (χ4n) is 2.62. The van der Waals surface area contributed by atoms with Crippen molar-refractivity contribution < 1.29 is 4.42 Å². The predicted octanol–water partition coefficient (Wildman–Crippen LogP) is 4.80. The predicted molar refractivity (Wildman–Crippen MR) is 120 cm³/mol. The summed E-state index contributed by atoms with van der Waals surface area (Å²) in [7, 11) is 1.77. The molecule has 0 bridgehead atoms. The Labute approximate surface area is 175 Å². The van der Waals surface area contributed by atoms with E-state index < -0.39 is 0 Å². The number of benzene rings is 1. The first-order valence-corrected chi connectivity index (χ1v) is 9.32. The molecule has 5 nitrogen and oxygen atoms in total. The van der Waals surface area contributed by atoms with Crippen LogP contribution < -0.4 is 10.6 Å². The third-order valence-electron chi connectivity index (χ3n) is 4.08. The van der Waals surface area contributed by atoms with E-state index in [-0.39, 0.29) is 24.0 Å². The van der Waals surface area contributed by atoms with Crippen molar-refractivity contribution >= 4 is 52.2 Å². The van der Waals surface area contributed by atoms with Crippen LogP contribution in [0.2, 0.25) is 0 Å². The van der Waals surface area contributed by atoms with Gasteiger partial charge in [-0.15, -0.1) is 35.3 Å². The topological polar surface area (TPSA) is 62.5 Å². The fourth-order valence-corrected chi connectivity index (χ4v) is 3.46. The second-order valence-corrected chi connectivity index (χ2v) is 7.15. The maximum atomic E-state index is 5.93. The van der Waals surface area contributed by atoms with Gasteiger partial charge in [0.15, 0.2) is 5.96 Å². The van der Waals surface area contributed by atoms with Crippen molar-refractivity contribution in [2.24, 2.45) is 4.99 Å². The number of thiazole rings is 1. The summed E-state index contributed by atoms with van der Waals surface area (Å²) in [6.45, 7) is 7.65. The highest BCUT2D eigenvalue weighted by molar-refractivity contribution is 14.0. The van der Waals surface area contributed by atoms with Gasteiger partial charge in [-0.2, -0.15) is 0 Å². The van der Waals surface area contributed by atoms with Gasteiger partial charge in [-0.1, -0.05) is 32.0 Å². The number of nitrogens with zero attached hydrogens (tertiary/aromatic N) is 2. The number of hydrogen-bond donors (Lipinski definition) is 2. The standard InChI is InChI=1S/C19H24N4OS.HI/c1-12(2)18-23-14(11-25-18)9-21-19(20-4)22-10-17-13(3)15-7-5-6-8-16(15)24-17;/h5-8,11-12H,9-10H2,1-4H3,(H2,20,21,22);1H. The quantitative estimate of drug-likeness (QED) is 0.310. The molecule has 0 aliphatic heterocycles. The number of fused-ring (bicyclic) bond motifs is 1. The molecule has 3 rings (SSSR count). The molecule has 0 unspecified atom stereocenters. The summed E-state index contributed by atoms with van der Waals surface area (Å²) in [4.78, 5) is 8.90. The number of nitrogens with one attached hydrogen (secondary N) is 2. The molecular weight excluding hydrogens is 459 g/mol. The molecule has 0 saturated heterocycles. The van der Waals surface area contributed by atoms with Gasteiger partial charge in [0.05, 0.1) is 23.8 Å². The molecule has 2 heterocycles. The van der Waals surface area contributed by atoms with Crippen LogP contribution >= 0.6 is 35.3 Å². The molecule has 3 aromatic rings. The lowest BCUT2D eigenvalue weighted by Gasteiger charge is -2.10. The number of guanidine groups is 1. The zero-order valence-electron chi connectivity index (χ0n) is 15.5. The molecule has 0 saturated carbocycles. The van der Waals surface area contributed by atoms with Gasteiger partial charge < -0.3 is 15.1 Å². The second kappa shape index (κ2) is 9.36. The molecule has 0 atom stereocenters. The normalized spacial score (nSPS) is 11.7. The Balaban J connectivity index is 0.00000243. The highest BCUT2D eigenvalue weighted by Crippen LogP contribution is 2.24. The van der Waals surface area contributed by atoms with Gasteiger partial charge in [-0.3, -0.25) is 4.99 Å². The molecule has 2 aromatic heterocycles. The Morgan fingerprint density at radius 2 is 1.96 bits per heavy atom. The summed E-state index contributed by atoms with van der Waals surface area (Å²) in [5, 5.41) is 11.0. The molecule has 0 fully saturated rings. The van der Waals surface area contributed by atoms with E-state index in [1.807, 2.05) is 18.2 Å². The summed E-state index contributed by atoms with van der Waals surface area (Å²) in [6, 6.07) is 8.09. The first-order valence-electron chi connectivity index (χ1n) is 8.44. The van der Waals surface area contributed by atoms with Gasteiger partial charge in [0.1, 0.15) is 11.3 Å².